The van der Waals surface area contributed by atoms with Crippen molar-refractivity contribution >= 4 is 22.8 Å². The molecule has 0 bridgehead atoms. The predicted molar refractivity (Wildman–Crippen MR) is 102 cm³/mol. The van der Waals surface area contributed by atoms with Gasteiger partial charge in [-0.15, -0.1) is 0 Å². The molecule has 1 aromatic carbocycles. The van der Waals surface area contributed by atoms with E-state index in [0.29, 0.717) is 12.1 Å². The summed E-state index contributed by atoms with van der Waals surface area (Å²) in [7, 11) is 0. The molecule has 1 aliphatic heterocycles. The maximum atomic E-state index is 13.5. The van der Waals surface area contributed by atoms with Crippen molar-refractivity contribution in [3.05, 3.63) is 35.8 Å². The first-order valence-corrected chi connectivity index (χ1v) is 9.35. The number of ketones is 1. The van der Waals surface area contributed by atoms with Gasteiger partial charge in [-0.1, -0.05) is 6.92 Å². The van der Waals surface area contributed by atoms with Gasteiger partial charge < -0.3 is 14.6 Å². The molecule has 1 saturated heterocycles. The SMILES string of the molecule is CC(=O)C(c1c[nH]c2cc(F)ccc12)C1C(C)CCN1C(=O)OC(C)(C)C. The smallest absolute Gasteiger partial charge is 0.410 e. The molecular formula is C21H27FN2O3. The van der Waals surface area contributed by atoms with Crippen LogP contribution >= 0.6 is 0 Å². The van der Waals surface area contributed by atoms with E-state index in [9.17, 15) is 14.0 Å². The number of halogens is 1. The number of H-pyrrole nitrogens is 1. The number of Topliss-reactive ketones (excluding diaryl/α,β-unsaturated/α-hetero) is 1. The van der Waals surface area contributed by atoms with Crippen LogP contribution in [-0.4, -0.2) is 39.9 Å². The second-order valence-corrected chi connectivity index (χ2v) is 8.45. The van der Waals surface area contributed by atoms with Crippen LogP contribution < -0.4 is 0 Å². The Balaban J connectivity index is 2.01. The van der Waals surface area contributed by atoms with E-state index < -0.39 is 17.6 Å². The van der Waals surface area contributed by atoms with Gasteiger partial charge in [0.1, 0.15) is 17.2 Å². The summed E-state index contributed by atoms with van der Waals surface area (Å²) in [5.41, 5.74) is 0.841. The second kappa shape index (κ2) is 6.98. The van der Waals surface area contributed by atoms with Crippen molar-refractivity contribution in [2.75, 3.05) is 6.54 Å². The molecule has 2 aromatic rings. The normalized spacial score (nSPS) is 21.5. The summed E-state index contributed by atoms with van der Waals surface area (Å²) >= 11 is 0. The molecule has 0 spiro atoms. The predicted octanol–water partition coefficient (Wildman–Crippen LogP) is 4.63. The number of benzene rings is 1. The highest BCUT2D eigenvalue weighted by atomic mass is 19.1. The highest BCUT2D eigenvalue weighted by molar-refractivity contribution is 5.93. The number of carbonyl (C=O) groups is 2. The van der Waals surface area contributed by atoms with Crippen LogP contribution in [0.25, 0.3) is 10.9 Å². The fourth-order valence-electron chi connectivity index (χ4n) is 4.03. The Morgan fingerprint density at radius 3 is 2.67 bits per heavy atom. The third-order valence-electron chi connectivity index (χ3n) is 5.19. The van der Waals surface area contributed by atoms with Crippen molar-refractivity contribution in [3.8, 4) is 0 Å². The molecule has 1 N–H and O–H groups in total. The van der Waals surface area contributed by atoms with E-state index in [2.05, 4.69) is 11.9 Å². The molecule has 3 rings (SSSR count). The van der Waals surface area contributed by atoms with Gasteiger partial charge in [0.25, 0.3) is 0 Å². The average Bonchev–Trinajstić information content (AvgIpc) is 3.10. The molecule has 1 fully saturated rings. The van der Waals surface area contributed by atoms with Crippen LogP contribution in [0.4, 0.5) is 9.18 Å². The van der Waals surface area contributed by atoms with Crippen LogP contribution in [0.1, 0.15) is 52.5 Å². The number of aromatic amines is 1. The van der Waals surface area contributed by atoms with Crippen molar-refractivity contribution in [3.63, 3.8) is 0 Å². The molecule has 5 nitrogen and oxygen atoms in total. The van der Waals surface area contributed by atoms with Crippen LogP contribution in [0.2, 0.25) is 0 Å². The number of hydrogen-bond acceptors (Lipinski definition) is 3. The molecule has 1 aliphatic rings. The van der Waals surface area contributed by atoms with Crippen LogP contribution in [0.3, 0.4) is 0 Å². The lowest BCUT2D eigenvalue weighted by molar-refractivity contribution is -0.119. The van der Waals surface area contributed by atoms with Crippen molar-refractivity contribution in [1.82, 2.24) is 9.88 Å². The van der Waals surface area contributed by atoms with E-state index in [-0.39, 0.29) is 23.6 Å². The van der Waals surface area contributed by atoms with Gasteiger partial charge in [0, 0.05) is 23.6 Å². The van der Waals surface area contributed by atoms with E-state index in [1.807, 2.05) is 20.8 Å². The van der Waals surface area contributed by atoms with Gasteiger partial charge in [0.2, 0.25) is 0 Å². The van der Waals surface area contributed by atoms with Crippen LogP contribution in [0.15, 0.2) is 24.4 Å². The molecular weight excluding hydrogens is 347 g/mol. The lowest BCUT2D eigenvalue weighted by atomic mass is 9.82. The number of nitrogens with one attached hydrogen (secondary N) is 1. The van der Waals surface area contributed by atoms with Gasteiger partial charge in [-0.2, -0.15) is 0 Å². The fraction of sp³-hybridized carbons (Fsp3) is 0.524. The number of carbonyl (C=O) groups excluding carboxylic acids is 2. The maximum Gasteiger partial charge on any atom is 0.410 e. The number of likely N-dealkylation sites (tertiary alicyclic amines) is 1. The molecule has 2 heterocycles. The number of rotatable bonds is 3. The molecule has 27 heavy (non-hydrogen) atoms. The highest BCUT2D eigenvalue weighted by Crippen LogP contribution is 2.39. The van der Waals surface area contributed by atoms with Gasteiger partial charge in [-0.25, -0.2) is 9.18 Å². The van der Waals surface area contributed by atoms with E-state index >= 15 is 0 Å². The summed E-state index contributed by atoms with van der Waals surface area (Å²) in [6.07, 6.45) is 2.17. The average molecular weight is 374 g/mol. The summed E-state index contributed by atoms with van der Waals surface area (Å²) in [4.78, 5) is 30.2. The van der Waals surface area contributed by atoms with Gasteiger partial charge >= 0.3 is 6.09 Å². The zero-order chi connectivity index (χ0) is 19.9. The van der Waals surface area contributed by atoms with E-state index in [1.54, 1.807) is 24.1 Å². The third-order valence-corrected chi connectivity index (χ3v) is 5.19. The lowest BCUT2D eigenvalue weighted by Crippen LogP contribution is -2.45. The largest absolute Gasteiger partial charge is 0.444 e. The minimum Gasteiger partial charge on any atom is -0.444 e. The van der Waals surface area contributed by atoms with Gasteiger partial charge in [-0.3, -0.25) is 4.79 Å². The first-order chi connectivity index (χ1) is 12.6. The number of hydrogen-bond donors (Lipinski definition) is 1. The Bertz CT molecular complexity index is 868. The highest BCUT2D eigenvalue weighted by Gasteiger charge is 2.44. The van der Waals surface area contributed by atoms with E-state index in [4.69, 9.17) is 4.74 Å². The Labute approximate surface area is 158 Å². The first-order valence-electron chi connectivity index (χ1n) is 9.35. The van der Waals surface area contributed by atoms with Crippen molar-refractivity contribution < 1.29 is 18.7 Å². The van der Waals surface area contributed by atoms with Crippen LogP contribution in [0.5, 0.6) is 0 Å². The summed E-state index contributed by atoms with van der Waals surface area (Å²) in [5, 5.41) is 0.805. The molecule has 3 unspecified atom stereocenters. The standard InChI is InChI=1S/C21H27FN2O3/c1-12-8-9-24(20(26)27-21(3,4)5)19(12)18(13(2)25)16-11-23-17-10-14(22)6-7-15(16)17/h6-7,10-12,18-19,23H,8-9H2,1-5H3. The molecule has 0 aliphatic carbocycles. The molecule has 0 saturated carbocycles. The second-order valence-electron chi connectivity index (χ2n) is 8.45. The number of ether oxygens (including phenoxy) is 1. The lowest BCUT2D eigenvalue weighted by Gasteiger charge is -2.34. The number of fused-ring (bicyclic) bond motifs is 1. The topological polar surface area (TPSA) is 62.4 Å². The van der Waals surface area contributed by atoms with Gasteiger partial charge in [0.15, 0.2) is 0 Å². The number of amides is 1. The summed E-state index contributed by atoms with van der Waals surface area (Å²) in [6.45, 7) is 9.65. The molecule has 3 atom stereocenters. The summed E-state index contributed by atoms with van der Waals surface area (Å²) in [5.74, 6) is -0.696. The third kappa shape index (κ3) is 3.84. The van der Waals surface area contributed by atoms with Gasteiger partial charge in [-0.05, 0) is 63.8 Å². The number of aromatic nitrogens is 1. The molecule has 0 radical (unpaired) electrons. The Kier molecular flexibility index (Phi) is 5.02. The van der Waals surface area contributed by atoms with E-state index in [1.165, 1.54) is 12.1 Å². The summed E-state index contributed by atoms with van der Waals surface area (Å²) in [6, 6.07) is 4.20. The summed E-state index contributed by atoms with van der Waals surface area (Å²) < 4.78 is 19.1. The van der Waals surface area contributed by atoms with Crippen LogP contribution in [0, 0.1) is 11.7 Å². The number of nitrogens with zero attached hydrogens (tertiary/aromatic N) is 1. The molecule has 1 amide bonds. The van der Waals surface area contributed by atoms with Crippen molar-refractivity contribution in [2.45, 2.75) is 58.6 Å². The molecule has 146 valence electrons. The maximum absolute atomic E-state index is 13.5. The minimum absolute atomic E-state index is 0.0208. The zero-order valence-corrected chi connectivity index (χ0v) is 16.5. The quantitative estimate of drug-likeness (QED) is 0.852. The zero-order valence-electron chi connectivity index (χ0n) is 16.5. The Hall–Kier alpha value is -2.37. The fourth-order valence-corrected chi connectivity index (χ4v) is 4.03. The monoisotopic (exact) mass is 374 g/mol. The van der Waals surface area contributed by atoms with E-state index in [0.717, 1.165) is 17.4 Å². The Morgan fingerprint density at radius 2 is 2.04 bits per heavy atom. The van der Waals surface area contributed by atoms with Gasteiger partial charge in [0.05, 0.1) is 12.0 Å². The first kappa shape index (κ1) is 19.4. The Morgan fingerprint density at radius 1 is 1.33 bits per heavy atom. The molecule has 1 aromatic heterocycles. The van der Waals surface area contributed by atoms with Crippen molar-refractivity contribution in [2.24, 2.45) is 5.92 Å². The van der Waals surface area contributed by atoms with Crippen molar-refractivity contribution in [1.29, 1.82) is 0 Å². The van der Waals surface area contributed by atoms with Crippen LogP contribution in [-0.2, 0) is 9.53 Å². The molecule has 6 heteroatoms. The minimum atomic E-state index is -0.600.